The van der Waals surface area contributed by atoms with Gasteiger partial charge in [0.15, 0.2) is 5.75 Å². The zero-order chi connectivity index (χ0) is 53.5. The average molecular weight is 1120 g/mol. The summed E-state index contributed by atoms with van der Waals surface area (Å²) >= 11 is 12.4. The number of nitrogens with zero attached hydrogens (tertiary/aromatic N) is 5. The van der Waals surface area contributed by atoms with Crippen LogP contribution in [0.2, 0.25) is 10.0 Å². The molecular weight excluding hydrogens is 1080 g/mol. The number of phenols is 1. The molecule has 1 amide bonds. The topological polar surface area (TPSA) is 284 Å². The SMILES string of the molecule is CCOc1ccccc1N=C([O-])c1cc2ccccc2c(N=Nc2c(C)cc(S(=O)(=O)O)cc2Cl)c1[O-].CCOc1ccccc1NC(=O)c1cc2ccccc2c(N=Nc2c(C)cc(S(=O)(=O)O)cc2Cl)c1O.[Ca+2]. The number of amides is 1. The molecule has 8 aromatic carbocycles. The second kappa shape index (κ2) is 24.7. The first-order valence-corrected chi connectivity index (χ1v) is 25.7. The van der Waals surface area contributed by atoms with E-state index in [1.54, 1.807) is 117 Å². The van der Waals surface area contributed by atoms with Gasteiger partial charge in [-0.15, -0.1) is 15.3 Å². The number of carbonyl (C=O) groups is 1. The minimum Gasteiger partial charge on any atom is -0.871 e. The quantitative estimate of drug-likeness (QED) is 0.0260. The number of aryl methyl sites for hydroxylation is 2. The molecule has 0 fully saturated rings. The molecule has 0 atom stereocenters. The molecule has 75 heavy (non-hydrogen) atoms. The van der Waals surface area contributed by atoms with Crippen molar-refractivity contribution in [1.82, 2.24) is 0 Å². The number of anilines is 1. The Kier molecular flexibility index (Phi) is 19.0. The summed E-state index contributed by atoms with van der Waals surface area (Å²) in [6, 6.07) is 35.0. The van der Waals surface area contributed by atoms with E-state index in [0.717, 1.165) is 12.1 Å². The van der Waals surface area contributed by atoms with E-state index in [-0.39, 0.29) is 92.2 Å². The Morgan fingerprint density at radius 3 is 1.59 bits per heavy atom. The van der Waals surface area contributed by atoms with Crippen LogP contribution >= 0.6 is 23.2 Å². The number of hydrogen-bond acceptors (Lipinski definition) is 15. The number of rotatable bonds is 14. The van der Waals surface area contributed by atoms with E-state index >= 15 is 0 Å². The number of benzene rings is 8. The van der Waals surface area contributed by atoms with Crippen LogP contribution in [0.4, 0.5) is 34.1 Å². The van der Waals surface area contributed by atoms with Gasteiger partial charge in [0.1, 0.15) is 34.2 Å². The molecule has 23 heteroatoms. The number of carbonyl (C=O) groups excluding carboxylic acids is 1. The number of azo groups is 2. The van der Waals surface area contributed by atoms with E-state index in [4.69, 9.17) is 32.7 Å². The van der Waals surface area contributed by atoms with Crippen LogP contribution < -0.4 is 25.0 Å². The number of para-hydroxylation sites is 4. The molecule has 0 aliphatic heterocycles. The smallest absolute Gasteiger partial charge is 0.871 e. The molecule has 0 unspecified atom stereocenters. The van der Waals surface area contributed by atoms with Crippen LogP contribution in [0, 0.1) is 13.8 Å². The van der Waals surface area contributed by atoms with Crippen LogP contribution in [0.25, 0.3) is 21.5 Å². The summed E-state index contributed by atoms with van der Waals surface area (Å²) < 4.78 is 75.5. The van der Waals surface area contributed by atoms with Crippen LogP contribution in [0.3, 0.4) is 0 Å². The van der Waals surface area contributed by atoms with Crippen molar-refractivity contribution >= 4 is 149 Å². The number of fused-ring (bicyclic) bond motifs is 2. The summed E-state index contributed by atoms with van der Waals surface area (Å²) in [6.45, 7) is 7.49. The third-order valence-electron chi connectivity index (χ3n) is 10.8. The van der Waals surface area contributed by atoms with Gasteiger partial charge in [-0.25, -0.2) is 0 Å². The van der Waals surface area contributed by atoms with Crippen molar-refractivity contribution < 1.29 is 55.5 Å². The van der Waals surface area contributed by atoms with Gasteiger partial charge in [-0.05, 0) is 122 Å². The predicted octanol–water partition coefficient (Wildman–Crippen LogP) is 11.8. The monoisotopic (exact) mass is 1120 g/mol. The Hall–Kier alpha value is -6.72. The zero-order valence-corrected chi connectivity index (χ0v) is 45.5. The molecule has 0 aliphatic carbocycles. The van der Waals surface area contributed by atoms with E-state index in [0.29, 0.717) is 63.1 Å². The van der Waals surface area contributed by atoms with Crippen molar-refractivity contribution in [2.75, 3.05) is 18.5 Å². The van der Waals surface area contributed by atoms with Gasteiger partial charge in [0, 0.05) is 10.8 Å². The van der Waals surface area contributed by atoms with Crippen LogP contribution in [0.1, 0.15) is 40.9 Å². The van der Waals surface area contributed by atoms with Gasteiger partial charge < -0.3 is 30.1 Å². The molecule has 0 aliphatic rings. The number of ether oxygens (including phenoxy) is 2. The minimum atomic E-state index is -4.48. The van der Waals surface area contributed by atoms with Gasteiger partial charge in [0.2, 0.25) is 0 Å². The fraction of sp³-hybridized carbons (Fsp3) is 0.115. The maximum atomic E-state index is 13.4. The molecule has 8 aromatic rings. The molecular formula is C52H42CaCl2N6O12S2. The molecule has 0 bridgehead atoms. The van der Waals surface area contributed by atoms with Crippen LogP contribution in [-0.2, 0) is 20.2 Å². The Bertz CT molecular complexity index is 3780. The molecule has 18 nitrogen and oxygen atoms in total. The molecule has 0 radical (unpaired) electrons. The maximum Gasteiger partial charge on any atom is 2.00 e. The van der Waals surface area contributed by atoms with Gasteiger partial charge in [-0.1, -0.05) is 102 Å². The van der Waals surface area contributed by atoms with Crippen LogP contribution in [0.5, 0.6) is 23.0 Å². The average Bonchev–Trinajstić information content (AvgIpc) is 3.35. The van der Waals surface area contributed by atoms with Gasteiger partial charge in [-0.3, -0.25) is 18.9 Å². The van der Waals surface area contributed by atoms with Crippen LogP contribution in [-0.4, -0.2) is 93.8 Å². The number of nitrogens with one attached hydrogen (secondary N) is 1. The number of phenolic OH excluding ortho intramolecular Hbond substituents is 1. The molecule has 0 heterocycles. The second-order valence-electron chi connectivity index (χ2n) is 15.9. The van der Waals surface area contributed by atoms with Gasteiger partial charge in [0.25, 0.3) is 26.1 Å². The summed E-state index contributed by atoms with van der Waals surface area (Å²) in [4.78, 5) is 16.5. The Morgan fingerprint density at radius 1 is 0.613 bits per heavy atom. The second-order valence-corrected chi connectivity index (χ2v) is 19.5. The Morgan fingerprint density at radius 2 is 1.05 bits per heavy atom. The first-order valence-electron chi connectivity index (χ1n) is 22.1. The fourth-order valence-electron chi connectivity index (χ4n) is 7.36. The number of aliphatic imine (C=N–C) groups is 1. The normalized spacial score (nSPS) is 11.9. The van der Waals surface area contributed by atoms with Crippen molar-refractivity contribution in [1.29, 1.82) is 0 Å². The summed E-state index contributed by atoms with van der Waals surface area (Å²) in [5, 5.41) is 58.9. The Labute approximate surface area is 470 Å². The summed E-state index contributed by atoms with van der Waals surface area (Å²) in [6.07, 6.45) is 0. The van der Waals surface area contributed by atoms with Crippen molar-refractivity contribution in [2.45, 2.75) is 37.5 Å². The van der Waals surface area contributed by atoms with Gasteiger partial charge in [0.05, 0.1) is 50.0 Å². The molecule has 0 saturated carbocycles. The molecule has 4 N–H and O–H groups in total. The van der Waals surface area contributed by atoms with Gasteiger partial charge >= 0.3 is 37.7 Å². The van der Waals surface area contributed by atoms with Crippen LogP contribution in [0.15, 0.2) is 169 Å². The summed E-state index contributed by atoms with van der Waals surface area (Å²) in [7, 11) is -8.94. The third-order valence-corrected chi connectivity index (χ3v) is 13.1. The van der Waals surface area contributed by atoms with Crippen molar-refractivity contribution in [2.24, 2.45) is 25.4 Å². The van der Waals surface area contributed by atoms with E-state index in [2.05, 4.69) is 30.8 Å². The fourth-order valence-corrected chi connectivity index (χ4v) is 9.28. The molecule has 0 spiro atoms. The van der Waals surface area contributed by atoms with Crippen molar-refractivity contribution in [3.8, 4) is 23.0 Å². The first kappa shape index (κ1) is 57.6. The van der Waals surface area contributed by atoms with E-state index in [9.17, 15) is 46.1 Å². The van der Waals surface area contributed by atoms with Gasteiger partial charge in [-0.2, -0.15) is 21.9 Å². The first-order chi connectivity index (χ1) is 35.2. The largest absolute Gasteiger partial charge is 2.00 e. The van der Waals surface area contributed by atoms with E-state index in [1.165, 1.54) is 25.1 Å². The van der Waals surface area contributed by atoms with E-state index < -0.39 is 48.4 Å². The van der Waals surface area contributed by atoms with Crippen molar-refractivity contribution in [3.63, 3.8) is 0 Å². The molecule has 380 valence electrons. The summed E-state index contributed by atoms with van der Waals surface area (Å²) in [5.74, 6) is -1.56. The minimum absolute atomic E-state index is 0. The van der Waals surface area contributed by atoms with E-state index in [1.807, 2.05) is 6.92 Å². The summed E-state index contributed by atoms with van der Waals surface area (Å²) in [5.41, 5.74) is 1.26. The van der Waals surface area contributed by atoms with Crippen molar-refractivity contribution in [3.05, 3.63) is 166 Å². The predicted molar refractivity (Wildman–Crippen MR) is 284 cm³/mol. The zero-order valence-electron chi connectivity index (χ0n) is 40.1. The number of aromatic hydroxyl groups is 1. The standard InChI is InChI=1S/2C26H22ClN3O6S.Ca/c2*1-3-36-22-11-7-6-10-21(22)28-26(32)19-13-16-8-4-5-9-18(16)24(25(19)31)30-29-23-15(2)12-17(14-20(23)27)37(33,34)35;/h2*4-14,31H,3H2,1-2H3,(H,28,32)(H,33,34,35);/q;;+2/p-2. The maximum absolute atomic E-state index is 13.4. The molecule has 0 saturated heterocycles. The number of halogens is 2. The number of hydrogen-bond donors (Lipinski definition) is 4. The Balaban J connectivity index is 0.000000241. The third kappa shape index (κ3) is 13.6. The molecule has 0 aromatic heterocycles. The molecule has 8 rings (SSSR count).